The van der Waals surface area contributed by atoms with E-state index in [0.29, 0.717) is 5.02 Å². The molecule has 0 bridgehead atoms. The number of hydrogen-bond donors (Lipinski definition) is 2. The molecule has 2 amide bonds. The smallest absolute Gasteiger partial charge is 0.310 e. The van der Waals surface area contributed by atoms with Crippen LogP contribution in [-0.2, 0) is 16.1 Å². The van der Waals surface area contributed by atoms with Gasteiger partial charge < -0.3 is 10.6 Å². The van der Waals surface area contributed by atoms with E-state index < -0.39 is 25.8 Å². The van der Waals surface area contributed by atoms with Gasteiger partial charge in [0.1, 0.15) is 0 Å². The molecule has 0 unspecified atom stereocenters. The zero-order chi connectivity index (χ0) is 27.7. The number of rotatable bonds is 8. The normalized spacial score (nSPS) is 11.6. The van der Waals surface area contributed by atoms with Crippen LogP contribution >= 0.6 is 19.5 Å². The Balaban J connectivity index is 1.50. The van der Waals surface area contributed by atoms with E-state index in [4.69, 9.17) is 11.6 Å². The lowest BCUT2D eigenvalue weighted by Crippen LogP contribution is -2.42. The lowest BCUT2D eigenvalue weighted by atomic mass is 9.98. The molecule has 0 aliphatic heterocycles. The van der Waals surface area contributed by atoms with E-state index in [-0.39, 0.29) is 6.54 Å². The third-order valence-corrected chi connectivity index (χ3v) is 9.27. The van der Waals surface area contributed by atoms with Gasteiger partial charge in [-0.15, -0.1) is 0 Å². The Hall–Kier alpha value is -4.24. The van der Waals surface area contributed by atoms with Gasteiger partial charge in [-0.1, -0.05) is 139 Å². The van der Waals surface area contributed by atoms with Gasteiger partial charge in [0.2, 0.25) is 0 Å². The SMILES string of the molecule is O=C(NCc1ccc(Cl)cc1)C(=O)N[C@H](c1ccccc1)c1ccccc1P(c1ccccc1)c1ccccc1. The Morgan fingerprint density at radius 3 is 1.75 bits per heavy atom. The van der Waals surface area contributed by atoms with Gasteiger partial charge >= 0.3 is 11.8 Å². The lowest BCUT2D eigenvalue weighted by molar-refractivity contribution is -0.139. The molecule has 40 heavy (non-hydrogen) atoms. The predicted molar refractivity (Wildman–Crippen MR) is 165 cm³/mol. The van der Waals surface area contributed by atoms with Crippen LogP contribution in [0, 0.1) is 0 Å². The van der Waals surface area contributed by atoms with Gasteiger partial charge in [0, 0.05) is 11.6 Å². The van der Waals surface area contributed by atoms with Crippen LogP contribution < -0.4 is 26.5 Å². The molecule has 5 aromatic rings. The Bertz CT molecular complexity index is 1520. The number of amides is 2. The van der Waals surface area contributed by atoms with Gasteiger partial charge in [0.15, 0.2) is 0 Å². The van der Waals surface area contributed by atoms with Crippen LogP contribution in [0.4, 0.5) is 0 Å². The van der Waals surface area contributed by atoms with Crippen LogP contribution in [0.1, 0.15) is 22.7 Å². The zero-order valence-corrected chi connectivity index (χ0v) is 23.4. The van der Waals surface area contributed by atoms with Crippen molar-refractivity contribution < 1.29 is 9.59 Å². The molecule has 5 aromatic carbocycles. The van der Waals surface area contributed by atoms with Crippen molar-refractivity contribution in [3.63, 3.8) is 0 Å². The second kappa shape index (κ2) is 13.2. The maximum absolute atomic E-state index is 13.3. The van der Waals surface area contributed by atoms with Crippen LogP contribution in [0.3, 0.4) is 0 Å². The molecule has 0 saturated carbocycles. The largest absolute Gasteiger partial charge is 0.344 e. The van der Waals surface area contributed by atoms with Gasteiger partial charge in [-0.3, -0.25) is 9.59 Å². The van der Waals surface area contributed by atoms with E-state index in [1.54, 1.807) is 12.1 Å². The number of carbonyl (C=O) groups excluding carboxylic acids is 2. The fourth-order valence-corrected chi connectivity index (χ4v) is 7.18. The molecule has 0 heterocycles. The summed E-state index contributed by atoms with van der Waals surface area (Å²) < 4.78 is 0. The van der Waals surface area contributed by atoms with Gasteiger partial charge in [0.25, 0.3) is 0 Å². The fourth-order valence-electron chi connectivity index (χ4n) is 4.56. The highest BCUT2D eigenvalue weighted by Gasteiger charge is 2.27. The molecule has 0 spiro atoms. The van der Waals surface area contributed by atoms with Crippen LogP contribution in [0.15, 0.2) is 140 Å². The molecular formula is C34H28ClN2O2P. The summed E-state index contributed by atoms with van der Waals surface area (Å²) >= 11 is 5.96. The summed E-state index contributed by atoms with van der Waals surface area (Å²) in [5, 5.41) is 9.89. The Morgan fingerprint density at radius 1 is 0.625 bits per heavy atom. The first-order valence-corrected chi connectivity index (χ1v) is 14.7. The van der Waals surface area contributed by atoms with Crippen LogP contribution in [0.25, 0.3) is 0 Å². The highest BCUT2D eigenvalue weighted by atomic mass is 35.5. The average molecular weight is 563 g/mol. The summed E-state index contributed by atoms with van der Waals surface area (Å²) in [6, 6.07) is 45.4. The Morgan fingerprint density at radius 2 is 1.15 bits per heavy atom. The quantitative estimate of drug-likeness (QED) is 0.190. The molecule has 2 N–H and O–H groups in total. The van der Waals surface area contributed by atoms with Crippen molar-refractivity contribution in [2.75, 3.05) is 0 Å². The second-order valence-corrected chi connectivity index (χ2v) is 11.8. The molecule has 0 aliphatic carbocycles. The topological polar surface area (TPSA) is 58.2 Å². The summed E-state index contributed by atoms with van der Waals surface area (Å²) in [5.74, 6) is -1.39. The zero-order valence-electron chi connectivity index (χ0n) is 21.7. The summed E-state index contributed by atoms with van der Waals surface area (Å²) in [6.45, 7) is 0.226. The molecule has 198 valence electrons. The molecule has 0 aliphatic rings. The van der Waals surface area contributed by atoms with Crippen molar-refractivity contribution >= 4 is 47.3 Å². The van der Waals surface area contributed by atoms with E-state index in [1.807, 2.05) is 72.8 Å². The molecule has 6 heteroatoms. The highest BCUT2D eigenvalue weighted by molar-refractivity contribution is 7.79. The molecule has 0 saturated heterocycles. The number of hydrogen-bond acceptors (Lipinski definition) is 2. The molecule has 0 aromatic heterocycles. The standard InChI is InChI=1S/C34H28ClN2O2P/c35-27-22-20-25(21-23-27)24-36-33(38)34(39)37-32(26-12-4-1-5-13-26)30-18-10-11-19-31(30)40(28-14-6-2-7-15-28)29-16-8-3-9-17-29/h1-23,32H,24H2,(H,36,38)(H,37,39)/t32-/m1/s1. The van der Waals surface area contributed by atoms with Crippen molar-refractivity contribution in [2.24, 2.45) is 0 Å². The van der Waals surface area contributed by atoms with Gasteiger partial charge in [-0.05, 0) is 52.7 Å². The minimum absolute atomic E-state index is 0.226. The monoisotopic (exact) mass is 562 g/mol. The van der Waals surface area contributed by atoms with E-state index in [1.165, 1.54) is 10.6 Å². The van der Waals surface area contributed by atoms with Crippen molar-refractivity contribution in [1.82, 2.24) is 10.6 Å². The summed E-state index contributed by atoms with van der Waals surface area (Å²) in [7, 11) is -0.932. The number of carbonyl (C=O) groups is 2. The average Bonchev–Trinajstić information content (AvgIpc) is 3.01. The van der Waals surface area contributed by atoms with Crippen molar-refractivity contribution in [3.8, 4) is 0 Å². The van der Waals surface area contributed by atoms with Crippen molar-refractivity contribution in [1.29, 1.82) is 0 Å². The summed E-state index contributed by atoms with van der Waals surface area (Å²) in [5.41, 5.74) is 2.70. The minimum atomic E-state index is -0.932. The van der Waals surface area contributed by atoms with Crippen molar-refractivity contribution in [2.45, 2.75) is 12.6 Å². The van der Waals surface area contributed by atoms with Crippen LogP contribution in [0.5, 0.6) is 0 Å². The summed E-state index contributed by atoms with van der Waals surface area (Å²) in [6.07, 6.45) is 0. The first-order valence-electron chi connectivity index (χ1n) is 13.0. The third kappa shape index (κ3) is 6.66. The maximum atomic E-state index is 13.3. The van der Waals surface area contributed by atoms with E-state index in [0.717, 1.165) is 22.0 Å². The third-order valence-electron chi connectivity index (χ3n) is 6.50. The molecule has 4 nitrogen and oxygen atoms in total. The molecule has 5 rings (SSSR count). The van der Waals surface area contributed by atoms with Gasteiger partial charge in [0.05, 0.1) is 6.04 Å². The van der Waals surface area contributed by atoms with E-state index in [2.05, 4.69) is 65.2 Å². The molecular weight excluding hydrogens is 535 g/mol. The molecule has 1 atom stereocenters. The van der Waals surface area contributed by atoms with Crippen LogP contribution in [0.2, 0.25) is 5.02 Å². The lowest BCUT2D eigenvalue weighted by Gasteiger charge is -2.27. The maximum Gasteiger partial charge on any atom is 0.310 e. The number of nitrogens with one attached hydrogen (secondary N) is 2. The number of benzene rings is 5. The first kappa shape index (κ1) is 27.3. The van der Waals surface area contributed by atoms with Crippen molar-refractivity contribution in [3.05, 3.63) is 161 Å². The Labute approximate surface area is 240 Å². The minimum Gasteiger partial charge on any atom is -0.344 e. The van der Waals surface area contributed by atoms with Gasteiger partial charge in [-0.25, -0.2) is 0 Å². The fraction of sp³-hybridized carbons (Fsp3) is 0.0588. The Kier molecular flexibility index (Phi) is 9.03. The summed E-state index contributed by atoms with van der Waals surface area (Å²) in [4.78, 5) is 26.2. The van der Waals surface area contributed by atoms with Crippen LogP contribution in [-0.4, -0.2) is 11.8 Å². The van der Waals surface area contributed by atoms with Gasteiger partial charge in [-0.2, -0.15) is 0 Å². The van der Waals surface area contributed by atoms with E-state index in [9.17, 15) is 9.59 Å². The molecule has 0 fully saturated rings. The first-order chi connectivity index (χ1) is 19.6. The molecule has 0 radical (unpaired) electrons. The second-order valence-electron chi connectivity index (χ2n) is 9.19. The van der Waals surface area contributed by atoms with E-state index >= 15 is 0 Å². The predicted octanol–water partition coefficient (Wildman–Crippen LogP) is 5.62. The number of halogens is 1. The highest BCUT2D eigenvalue weighted by Crippen LogP contribution is 2.36.